The first-order chi connectivity index (χ1) is 8.85. The Bertz CT molecular complexity index is 466. The molecule has 1 aliphatic rings. The average molecular weight is 274 g/mol. The van der Waals surface area contributed by atoms with Crippen molar-refractivity contribution in [3.05, 3.63) is 11.4 Å². The molecule has 0 aromatic carbocycles. The quantitative estimate of drug-likeness (QED) is 0.850. The van der Waals surface area contributed by atoms with Gasteiger partial charge in [-0.1, -0.05) is 5.57 Å². The molecule has 0 spiro atoms. The number of hydrogen-bond donors (Lipinski definition) is 0. The Morgan fingerprint density at radius 3 is 2.42 bits per heavy atom. The van der Waals surface area contributed by atoms with Crippen molar-refractivity contribution in [2.75, 3.05) is 18.0 Å². The number of nitrogens with zero attached hydrogens (tertiary/aromatic N) is 4. The van der Waals surface area contributed by atoms with E-state index in [-0.39, 0.29) is 5.82 Å². The SMILES string of the molecule is CC(C)=Cc1nc(N2CCCC2)nn1CC(F)(F)F. The third kappa shape index (κ3) is 3.71. The predicted octanol–water partition coefficient (Wildman–Crippen LogP) is 2.86. The van der Waals surface area contributed by atoms with Crippen molar-refractivity contribution in [2.45, 2.75) is 39.4 Å². The van der Waals surface area contributed by atoms with Crippen molar-refractivity contribution in [2.24, 2.45) is 0 Å². The van der Waals surface area contributed by atoms with Crippen LogP contribution in [0.1, 0.15) is 32.5 Å². The number of halogens is 3. The van der Waals surface area contributed by atoms with E-state index in [1.54, 1.807) is 6.08 Å². The van der Waals surface area contributed by atoms with E-state index in [1.807, 2.05) is 18.7 Å². The van der Waals surface area contributed by atoms with Crippen LogP contribution < -0.4 is 4.90 Å². The molecule has 0 atom stereocenters. The van der Waals surface area contributed by atoms with Gasteiger partial charge in [0.15, 0.2) is 5.82 Å². The molecule has 0 bridgehead atoms. The van der Waals surface area contributed by atoms with Crippen molar-refractivity contribution in [1.82, 2.24) is 14.8 Å². The zero-order valence-electron chi connectivity index (χ0n) is 11.0. The minimum atomic E-state index is -4.29. The molecule has 2 rings (SSSR count). The fourth-order valence-electron chi connectivity index (χ4n) is 2.04. The Labute approximate surface area is 109 Å². The second-order valence-corrected chi connectivity index (χ2v) is 4.96. The summed E-state index contributed by atoms with van der Waals surface area (Å²) in [5, 5.41) is 4.00. The molecule has 0 aliphatic carbocycles. The van der Waals surface area contributed by atoms with Crippen molar-refractivity contribution in [3.8, 4) is 0 Å². The minimum Gasteiger partial charge on any atom is -0.340 e. The Hall–Kier alpha value is -1.53. The van der Waals surface area contributed by atoms with E-state index in [0.29, 0.717) is 5.95 Å². The molecule has 0 unspecified atom stereocenters. The molecule has 1 saturated heterocycles. The Kier molecular flexibility index (Phi) is 3.82. The third-order valence-corrected chi connectivity index (χ3v) is 2.82. The molecule has 7 heteroatoms. The molecule has 1 aliphatic heterocycles. The lowest BCUT2D eigenvalue weighted by molar-refractivity contribution is -0.142. The first-order valence-corrected chi connectivity index (χ1v) is 6.26. The highest BCUT2D eigenvalue weighted by atomic mass is 19.4. The number of rotatable bonds is 3. The fraction of sp³-hybridized carbons (Fsp3) is 0.667. The van der Waals surface area contributed by atoms with Gasteiger partial charge < -0.3 is 4.90 Å². The van der Waals surface area contributed by atoms with Crippen LogP contribution in [0.15, 0.2) is 5.57 Å². The van der Waals surface area contributed by atoms with Crippen LogP contribution in [-0.4, -0.2) is 34.0 Å². The van der Waals surface area contributed by atoms with Crippen LogP contribution in [0.5, 0.6) is 0 Å². The van der Waals surface area contributed by atoms with Gasteiger partial charge in [0, 0.05) is 13.1 Å². The van der Waals surface area contributed by atoms with Gasteiger partial charge in [-0.3, -0.25) is 0 Å². The lowest BCUT2D eigenvalue weighted by atomic mass is 10.3. The number of anilines is 1. The van der Waals surface area contributed by atoms with Crippen molar-refractivity contribution >= 4 is 12.0 Å². The molecule has 1 aromatic heterocycles. The van der Waals surface area contributed by atoms with Crippen LogP contribution in [0.2, 0.25) is 0 Å². The molecule has 1 aromatic rings. The monoisotopic (exact) mass is 274 g/mol. The molecule has 0 amide bonds. The smallest absolute Gasteiger partial charge is 0.340 e. The number of alkyl halides is 3. The molecular weight excluding hydrogens is 257 g/mol. The van der Waals surface area contributed by atoms with Crippen LogP contribution in [0, 0.1) is 0 Å². The maximum Gasteiger partial charge on any atom is 0.408 e. The first kappa shape index (κ1) is 13.9. The third-order valence-electron chi connectivity index (χ3n) is 2.82. The van der Waals surface area contributed by atoms with Gasteiger partial charge in [-0.15, -0.1) is 5.10 Å². The summed E-state index contributed by atoms with van der Waals surface area (Å²) in [4.78, 5) is 6.14. The number of aromatic nitrogens is 3. The maximum atomic E-state index is 12.5. The summed E-state index contributed by atoms with van der Waals surface area (Å²) in [6.07, 6.45) is -0.601. The fourth-order valence-corrected chi connectivity index (χ4v) is 2.04. The Morgan fingerprint density at radius 2 is 1.89 bits per heavy atom. The zero-order valence-corrected chi connectivity index (χ0v) is 11.0. The summed E-state index contributed by atoms with van der Waals surface area (Å²) >= 11 is 0. The highest BCUT2D eigenvalue weighted by Gasteiger charge is 2.30. The van der Waals surface area contributed by atoms with Gasteiger partial charge >= 0.3 is 6.18 Å². The van der Waals surface area contributed by atoms with E-state index in [1.165, 1.54) is 0 Å². The maximum absolute atomic E-state index is 12.5. The van der Waals surface area contributed by atoms with Crippen molar-refractivity contribution in [3.63, 3.8) is 0 Å². The van der Waals surface area contributed by atoms with Crippen molar-refractivity contribution in [1.29, 1.82) is 0 Å². The summed E-state index contributed by atoms with van der Waals surface area (Å²) in [7, 11) is 0. The predicted molar refractivity (Wildman–Crippen MR) is 66.8 cm³/mol. The summed E-state index contributed by atoms with van der Waals surface area (Å²) < 4.78 is 38.5. The molecule has 0 N–H and O–H groups in total. The minimum absolute atomic E-state index is 0.263. The van der Waals surface area contributed by atoms with Gasteiger partial charge in [-0.25, -0.2) is 4.68 Å². The van der Waals surface area contributed by atoms with Crippen molar-refractivity contribution < 1.29 is 13.2 Å². The van der Waals surface area contributed by atoms with Gasteiger partial charge in [0.05, 0.1) is 0 Å². The van der Waals surface area contributed by atoms with Crippen LogP contribution in [0.25, 0.3) is 6.08 Å². The van der Waals surface area contributed by atoms with Gasteiger partial charge in [-0.2, -0.15) is 18.2 Å². The second kappa shape index (κ2) is 5.22. The number of allylic oxidation sites excluding steroid dienone is 1. The second-order valence-electron chi connectivity index (χ2n) is 4.96. The van der Waals surface area contributed by atoms with E-state index >= 15 is 0 Å². The van der Waals surface area contributed by atoms with Gasteiger partial charge in [0.25, 0.3) is 0 Å². The Morgan fingerprint density at radius 1 is 1.26 bits per heavy atom. The Balaban J connectivity index is 2.30. The summed E-state index contributed by atoms with van der Waals surface area (Å²) in [6, 6.07) is 0. The molecule has 4 nitrogen and oxygen atoms in total. The standard InChI is InChI=1S/C12H17F3N4/c1-9(2)7-10-16-11(18-5-3-4-6-18)17-19(10)8-12(13,14)15/h7H,3-6,8H2,1-2H3. The van der Waals surface area contributed by atoms with Gasteiger partial charge in [0.1, 0.15) is 6.54 Å². The largest absolute Gasteiger partial charge is 0.408 e. The molecule has 2 heterocycles. The highest BCUT2D eigenvalue weighted by Crippen LogP contribution is 2.22. The number of hydrogen-bond acceptors (Lipinski definition) is 3. The van der Waals surface area contributed by atoms with Crippen LogP contribution >= 0.6 is 0 Å². The van der Waals surface area contributed by atoms with Crippen LogP contribution in [0.4, 0.5) is 19.1 Å². The molecule has 0 saturated carbocycles. The molecule has 19 heavy (non-hydrogen) atoms. The van der Waals surface area contributed by atoms with E-state index in [2.05, 4.69) is 10.1 Å². The van der Waals surface area contributed by atoms with Crippen LogP contribution in [-0.2, 0) is 6.54 Å². The van der Waals surface area contributed by atoms with E-state index < -0.39 is 12.7 Å². The normalized spacial score (nSPS) is 15.9. The highest BCUT2D eigenvalue weighted by molar-refractivity contribution is 5.47. The van der Waals surface area contributed by atoms with Gasteiger partial charge in [0.2, 0.25) is 5.95 Å². The van der Waals surface area contributed by atoms with Gasteiger partial charge in [-0.05, 0) is 32.8 Å². The molecular formula is C12H17F3N4. The summed E-state index contributed by atoms with van der Waals surface area (Å²) in [5.74, 6) is 0.661. The average Bonchev–Trinajstić information content (AvgIpc) is 2.85. The zero-order chi connectivity index (χ0) is 14.0. The molecule has 106 valence electrons. The van der Waals surface area contributed by atoms with E-state index in [9.17, 15) is 13.2 Å². The van der Waals surface area contributed by atoms with Crippen LogP contribution in [0.3, 0.4) is 0 Å². The first-order valence-electron chi connectivity index (χ1n) is 6.26. The topological polar surface area (TPSA) is 34.0 Å². The summed E-state index contributed by atoms with van der Waals surface area (Å²) in [5.41, 5.74) is 0.892. The van der Waals surface area contributed by atoms with E-state index in [4.69, 9.17) is 0 Å². The lowest BCUT2D eigenvalue weighted by Gasteiger charge is -2.11. The lowest BCUT2D eigenvalue weighted by Crippen LogP contribution is -2.21. The van der Waals surface area contributed by atoms with E-state index in [0.717, 1.165) is 36.2 Å². The summed E-state index contributed by atoms with van der Waals surface area (Å²) in [6.45, 7) is 4.16. The molecule has 0 radical (unpaired) electrons. The molecule has 1 fully saturated rings.